The Morgan fingerprint density at radius 1 is 1.39 bits per heavy atom. The number of aromatic hydroxyl groups is 1. The van der Waals surface area contributed by atoms with Crippen LogP contribution in [0.4, 0.5) is 0 Å². The summed E-state index contributed by atoms with van der Waals surface area (Å²) >= 11 is 9.25. The zero-order valence-corrected chi connectivity index (χ0v) is 11.5. The maximum Gasteiger partial charge on any atom is 0.335 e. The van der Waals surface area contributed by atoms with Crippen LogP contribution in [0.2, 0.25) is 5.02 Å². The highest BCUT2D eigenvalue weighted by atomic mass is 79.9. The molecule has 0 saturated carbocycles. The molecule has 1 aromatic heterocycles. The first-order valence-corrected chi connectivity index (χ1v) is 6.09. The Labute approximate surface area is 115 Å². The van der Waals surface area contributed by atoms with Crippen molar-refractivity contribution in [2.24, 2.45) is 0 Å². The summed E-state index contributed by atoms with van der Waals surface area (Å²) in [6.07, 6.45) is 0. The number of H-pyrrole nitrogens is 1. The number of halogens is 2. The fourth-order valence-electron chi connectivity index (χ4n) is 1.50. The van der Waals surface area contributed by atoms with Crippen LogP contribution in [0.5, 0.6) is 5.88 Å². The van der Waals surface area contributed by atoms with E-state index in [0.29, 0.717) is 5.69 Å². The molecule has 2 rings (SSSR count). The largest absolute Gasteiger partial charge is 0.494 e. The first kappa shape index (κ1) is 12.9. The summed E-state index contributed by atoms with van der Waals surface area (Å²) in [5.74, 6) is -0.423. The van der Waals surface area contributed by atoms with Gasteiger partial charge >= 0.3 is 5.69 Å². The molecule has 1 aromatic carbocycles. The van der Waals surface area contributed by atoms with Crippen molar-refractivity contribution < 1.29 is 5.11 Å². The van der Waals surface area contributed by atoms with Crippen LogP contribution in [0.1, 0.15) is 5.56 Å². The topological polar surface area (TPSA) is 75.1 Å². The van der Waals surface area contributed by atoms with Crippen molar-refractivity contribution in [1.82, 2.24) is 9.55 Å². The van der Waals surface area contributed by atoms with Crippen LogP contribution in [0.25, 0.3) is 5.69 Å². The predicted molar refractivity (Wildman–Crippen MR) is 71.8 cm³/mol. The Hall–Kier alpha value is -1.53. The van der Waals surface area contributed by atoms with Gasteiger partial charge in [0.05, 0.1) is 16.3 Å². The molecule has 0 atom stereocenters. The molecule has 7 heteroatoms. The molecule has 0 aliphatic rings. The number of rotatable bonds is 1. The van der Waals surface area contributed by atoms with Crippen LogP contribution in [0, 0.1) is 6.92 Å². The second-order valence-corrected chi connectivity index (χ2v) is 4.96. The van der Waals surface area contributed by atoms with Gasteiger partial charge in [-0.1, -0.05) is 27.5 Å². The third-order valence-electron chi connectivity index (χ3n) is 2.46. The number of nitrogens with one attached hydrogen (secondary N) is 1. The molecular weight excluding hydrogens is 323 g/mol. The van der Waals surface area contributed by atoms with Crippen LogP contribution in [-0.2, 0) is 0 Å². The van der Waals surface area contributed by atoms with Gasteiger partial charge in [-0.15, -0.1) is 0 Å². The Balaban J connectivity index is 2.84. The van der Waals surface area contributed by atoms with Crippen molar-refractivity contribution in [1.29, 1.82) is 0 Å². The van der Waals surface area contributed by atoms with Crippen molar-refractivity contribution in [3.63, 3.8) is 0 Å². The Morgan fingerprint density at radius 2 is 2.06 bits per heavy atom. The van der Waals surface area contributed by atoms with Crippen LogP contribution in [0.15, 0.2) is 32.3 Å². The quantitative estimate of drug-likeness (QED) is 0.839. The number of hydrogen-bond donors (Lipinski definition) is 2. The molecule has 0 fully saturated rings. The summed E-state index contributed by atoms with van der Waals surface area (Å²) < 4.78 is 1.69. The molecule has 0 aliphatic heterocycles. The summed E-state index contributed by atoms with van der Waals surface area (Å²) in [4.78, 5) is 25.2. The van der Waals surface area contributed by atoms with Crippen LogP contribution >= 0.6 is 27.5 Å². The lowest BCUT2D eigenvalue weighted by molar-refractivity contribution is 0.426. The number of aromatic amines is 1. The fourth-order valence-corrected chi connectivity index (χ4v) is 2.26. The summed E-state index contributed by atoms with van der Waals surface area (Å²) in [7, 11) is 0. The second-order valence-electron chi connectivity index (χ2n) is 3.64. The third kappa shape index (κ3) is 2.09. The molecular formula is C11H8BrClN2O3. The first-order chi connectivity index (χ1) is 8.41. The average Bonchev–Trinajstić information content (AvgIpc) is 2.29. The summed E-state index contributed by atoms with van der Waals surface area (Å²) in [6, 6.07) is 4.82. The highest BCUT2D eigenvalue weighted by molar-refractivity contribution is 9.10. The van der Waals surface area contributed by atoms with Gasteiger partial charge in [0.15, 0.2) is 0 Å². The molecule has 2 N–H and O–H groups in total. The van der Waals surface area contributed by atoms with E-state index in [1.54, 1.807) is 18.2 Å². The van der Waals surface area contributed by atoms with E-state index in [-0.39, 0.29) is 10.6 Å². The molecule has 0 bridgehead atoms. The molecule has 1 heterocycles. The lowest BCUT2D eigenvalue weighted by Gasteiger charge is -2.11. The van der Waals surface area contributed by atoms with Crippen molar-refractivity contribution >= 4 is 27.5 Å². The van der Waals surface area contributed by atoms with Crippen LogP contribution in [0.3, 0.4) is 0 Å². The van der Waals surface area contributed by atoms with Gasteiger partial charge in [0.1, 0.15) is 0 Å². The zero-order valence-electron chi connectivity index (χ0n) is 9.20. The highest BCUT2D eigenvalue weighted by Crippen LogP contribution is 2.26. The summed E-state index contributed by atoms with van der Waals surface area (Å²) in [5, 5.41) is 10.2. The normalized spacial score (nSPS) is 10.6. The van der Waals surface area contributed by atoms with Gasteiger partial charge in [-0.05, 0) is 25.1 Å². The SMILES string of the molecule is Cc1c(O)n(-c2ccc(Br)cc2Cl)c(=O)[nH]c1=O. The van der Waals surface area contributed by atoms with E-state index in [9.17, 15) is 14.7 Å². The number of aromatic nitrogens is 2. The molecule has 0 amide bonds. The van der Waals surface area contributed by atoms with Gasteiger partial charge in [-0.2, -0.15) is 0 Å². The first-order valence-electron chi connectivity index (χ1n) is 4.92. The summed E-state index contributed by atoms with van der Waals surface area (Å²) in [5.41, 5.74) is -1.02. The third-order valence-corrected chi connectivity index (χ3v) is 3.26. The van der Waals surface area contributed by atoms with Gasteiger partial charge in [-0.25, -0.2) is 9.36 Å². The van der Waals surface area contributed by atoms with Crippen LogP contribution < -0.4 is 11.2 Å². The zero-order chi connectivity index (χ0) is 13.4. The standard InChI is InChI=1S/C11H8BrClN2O3/c1-5-9(16)14-11(18)15(10(5)17)8-3-2-6(12)4-7(8)13/h2-4,17H,1H3,(H,14,16,18). The molecule has 18 heavy (non-hydrogen) atoms. The Bertz CT molecular complexity index is 736. The van der Waals surface area contributed by atoms with E-state index in [1.165, 1.54) is 6.92 Å². The molecule has 0 radical (unpaired) electrons. The van der Waals surface area contributed by atoms with Crippen molar-refractivity contribution in [3.05, 3.63) is 54.1 Å². The number of hydrogen-bond acceptors (Lipinski definition) is 3. The maximum absolute atomic E-state index is 11.7. The van der Waals surface area contributed by atoms with Gasteiger partial charge in [-0.3, -0.25) is 9.78 Å². The van der Waals surface area contributed by atoms with Gasteiger partial charge in [0, 0.05) is 4.47 Å². The maximum atomic E-state index is 11.7. The Morgan fingerprint density at radius 3 is 2.67 bits per heavy atom. The fraction of sp³-hybridized carbons (Fsp3) is 0.0909. The molecule has 0 spiro atoms. The minimum atomic E-state index is -0.743. The Kier molecular flexibility index (Phi) is 3.32. The van der Waals surface area contributed by atoms with E-state index in [0.717, 1.165) is 9.04 Å². The predicted octanol–water partition coefficient (Wildman–Crippen LogP) is 1.96. The van der Waals surface area contributed by atoms with E-state index in [4.69, 9.17) is 11.6 Å². The van der Waals surface area contributed by atoms with Crippen molar-refractivity contribution in [2.75, 3.05) is 0 Å². The minimum Gasteiger partial charge on any atom is -0.494 e. The lowest BCUT2D eigenvalue weighted by Crippen LogP contribution is -2.30. The van der Waals surface area contributed by atoms with Crippen molar-refractivity contribution in [2.45, 2.75) is 6.92 Å². The molecule has 0 unspecified atom stereocenters. The highest BCUT2D eigenvalue weighted by Gasteiger charge is 2.14. The molecule has 0 saturated heterocycles. The number of benzene rings is 1. The van der Waals surface area contributed by atoms with Gasteiger partial charge < -0.3 is 5.11 Å². The van der Waals surface area contributed by atoms with Crippen molar-refractivity contribution in [3.8, 4) is 11.6 Å². The van der Waals surface area contributed by atoms with E-state index in [2.05, 4.69) is 20.9 Å². The second kappa shape index (κ2) is 4.62. The van der Waals surface area contributed by atoms with E-state index >= 15 is 0 Å². The molecule has 0 aliphatic carbocycles. The monoisotopic (exact) mass is 330 g/mol. The average molecular weight is 332 g/mol. The minimum absolute atomic E-state index is 0.0496. The lowest BCUT2D eigenvalue weighted by atomic mass is 10.3. The van der Waals surface area contributed by atoms with Crippen LogP contribution in [-0.4, -0.2) is 14.7 Å². The summed E-state index contributed by atoms with van der Waals surface area (Å²) in [6.45, 7) is 1.41. The molecule has 2 aromatic rings. The van der Waals surface area contributed by atoms with E-state index in [1.807, 2.05) is 0 Å². The molecule has 5 nitrogen and oxygen atoms in total. The van der Waals surface area contributed by atoms with Gasteiger partial charge in [0.25, 0.3) is 5.56 Å². The number of nitrogens with zero attached hydrogens (tertiary/aromatic N) is 1. The smallest absolute Gasteiger partial charge is 0.335 e. The van der Waals surface area contributed by atoms with E-state index < -0.39 is 17.1 Å². The van der Waals surface area contributed by atoms with Gasteiger partial charge in [0.2, 0.25) is 5.88 Å². The molecule has 94 valence electrons.